The number of nitrogens with one attached hydrogen (secondary N) is 1. The van der Waals surface area contributed by atoms with Crippen molar-refractivity contribution in [2.24, 2.45) is 0 Å². The fourth-order valence-electron chi connectivity index (χ4n) is 2.06. The minimum Gasteiger partial charge on any atom is -0.322 e. The lowest BCUT2D eigenvalue weighted by molar-refractivity contribution is -0.111. The van der Waals surface area contributed by atoms with E-state index >= 15 is 0 Å². The Morgan fingerprint density at radius 2 is 1.71 bits per heavy atom. The lowest BCUT2D eigenvalue weighted by Gasteiger charge is -2.09. The molecule has 1 N–H and O–H groups in total. The van der Waals surface area contributed by atoms with Crippen molar-refractivity contribution in [3.63, 3.8) is 0 Å². The first-order valence-electron chi connectivity index (χ1n) is 6.79. The molecule has 0 heterocycles. The Hall–Kier alpha value is -2.06. The van der Waals surface area contributed by atoms with Gasteiger partial charge in [0.05, 0.1) is 0 Å². The van der Waals surface area contributed by atoms with Gasteiger partial charge in [-0.1, -0.05) is 41.9 Å². The van der Waals surface area contributed by atoms with Gasteiger partial charge < -0.3 is 5.32 Å². The van der Waals surface area contributed by atoms with Crippen LogP contribution in [-0.2, 0) is 4.79 Å². The number of halogens is 1. The Bertz CT molecular complexity index is 684. The molecule has 0 saturated heterocycles. The molecule has 0 atom stereocenters. The van der Waals surface area contributed by atoms with E-state index in [2.05, 4.69) is 5.32 Å². The summed E-state index contributed by atoms with van der Waals surface area (Å²) in [6.07, 6.45) is 3.28. The van der Waals surface area contributed by atoms with Crippen molar-refractivity contribution in [3.8, 4) is 0 Å². The van der Waals surface area contributed by atoms with Gasteiger partial charge in [-0.05, 0) is 55.2 Å². The normalized spacial score (nSPS) is 10.9. The first-order valence-corrected chi connectivity index (χ1v) is 7.16. The fourth-order valence-corrected chi connectivity index (χ4v) is 2.25. The van der Waals surface area contributed by atoms with Gasteiger partial charge in [0.25, 0.3) is 0 Å². The molecule has 0 aliphatic heterocycles. The molecule has 2 rings (SSSR count). The van der Waals surface area contributed by atoms with Crippen LogP contribution < -0.4 is 5.32 Å². The van der Waals surface area contributed by atoms with Crippen molar-refractivity contribution < 1.29 is 4.79 Å². The zero-order valence-electron chi connectivity index (χ0n) is 12.4. The molecule has 0 fully saturated rings. The van der Waals surface area contributed by atoms with E-state index in [0.717, 1.165) is 27.9 Å². The highest BCUT2D eigenvalue weighted by atomic mass is 35.5. The quantitative estimate of drug-likeness (QED) is 0.801. The largest absolute Gasteiger partial charge is 0.322 e. The number of aryl methyl sites for hydroxylation is 3. The van der Waals surface area contributed by atoms with Gasteiger partial charge in [-0.2, -0.15) is 0 Å². The predicted octanol–water partition coefficient (Wildman–Crippen LogP) is 4.92. The molecule has 3 heteroatoms. The molecular weight excluding hydrogens is 282 g/mol. The maximum Gasteiger partial charge on any atom is 0.248 e. The average molecular weight is 300 g/mol. The zero-order chi connectivity index (χ0) is 15.4. The molecule has 0 aliphatic carbocycles. The lowest BCUT2D eigenvalue weighted by Crippen LogP contribution is -2.10. The Labute approximate surface area is 130 Å². The summed E-state index contributed by atoms with van der Waals surface area (Å²) in [5, 5.41) is 3.62. The molecule has 0 spiro atoms. The number of hydrogen-bond donors (Lipinski definition) is 1. The van der Waals surface area contributed by atoms with Crippen molar-refractivity contribution in [2.45, 2.75) is 20.8 Å². The maximum atomic E-state index is 12.0. The van der Waals surface area contributed by atoms with Crippen LogP contribution in [0, 0.1) is 20.8 Å². The van der Waals surface area contributed by atoms with Crippen LogP contribution in [-0.4, -0.2) is 5.91 Å². The number of para-hydroxylation sites is 1. The first-order chi connectivity index (χ1) is 9.97. The lowest BCUT2D eigenvalue weighted by atomic mass is 10.1. The first kappa shape index (κ1) is 15.3. The summed E-state index contributed by atoms with van der Waals surface area (Å²) in [6, 6.07) is 11.7. The van der Waals surface area contributed by atoms with E-state index in [1.165, 1.54) is 6.08 Å². The number of hydrogen-bond acceptors (Lipinski definition) is 1. The van der Waals surface area contributed by atoms with Gasteiger partial charge in [0.1, 0.15) is 0 Å². The van der Waals surface area contributed by atoms with E-state index in [-0.39, 0.29) is 5.91 Å². The van der Waals surface area contributed by atoms with E-state index in [1.807, 2.05) is 57.2 Å². The molecular formula is C18H18ClNO. The molecule has 2 aromatic rings. The highest BCUT2D eigenvalue weighted by Gasteiger charge is 2.04. The second-order valence-electron chi connectivity index (χ2n) is 5.10. The molecule has 0 saturated carbocycles. The minimum atomic E-state index is -0.149. The van der Waals surface area contributed by atoms with Gasteiger partial charge in [0.15, 0.2) is 0 Å². The van der Waals surface area contributed by atoms with Crippen molar-refractivity contribution >= 4 is 29.3 Å². The van der Waals surface area contributed by atoms with Crippen LogP contribution >= 0.6 is 11.6 Å². The van der Waals surface area contributed by atoms with E-state index < -0.39 is 0 Å². The standard InChI is InChI=1S/C18H18ClNO/c1-12-7-8-15(11-16(12)19)9-10-17(21)20-18-13(2)5-4-6-14(18)3/h4-11H,1-3H3,(H,20,21). The molecule has 21 heavy (non-hydrogen) atoms. The molecule has 0 unspecified atom stereocenters. The second-order valence-corrected chi connectivity index (χ2v) is 5.51. The third-order valence-electron chi connectivity index (χ3n) is 3.35. The predicted molar refractivity (Wildman–Crippen MR) is 89.8 cm³/mol. The molecule has 0 aliphatic rings. The van der Waals surface area contributed by atoms with E-state index in [1.54, 1.807) is 6.08 Å². The van der Waals surface area contributed by atoms with E-state index in [9.17, 15) is 4.79 Å². The van der Waals surface area contributed by atoms with Crippen LogP contribution in [0.4, 0.5) is 5.69 Å². The van der Waals surface area contributed by atoms with Gasteiger partial charge in [-0.25, -0.2) is 0 Å². The van der Waals surface area contributed by atoms with Crippen LogP contribution in [0.25, 0.3) is 6.08 Å². The Morgan fingerprint density at radius 3 is 2.33 bits per heavy atom. The summed E-state index contributed by atoms with van der Waals surface area (Å²) in [6.45, 7) is 5.90. The van der Waals surface area contributed by atoms with Gasteiger partial charge >= 0.3 is 0 Å². The number of carbonyl (C=O) groups excluding carboxylic acids is 1. The van der Waals surface area contributed by atoms with Gasteiger partial charge in [-0.3, -0.25) is 4.79 Å². The van der Waals surface area contributed by atoms with E-state index in [0.29, 0.717) is 5.02 Å². The number of amides is 1. The van der Waals surface area contributed by atoms with Crippen LogP contribution in [0.1, 0.15) is 22.3 Å². The second kappa shape index (κ2) is 6.59. The van der Waals surface area contributed by atoms with Crippen LogP contribution in [0.5, 0.6) is 0 Å². The smallest absolute Gasteiger partial charge is 0.248 e. The molecule has 2 nitrogen and oxygen atoms in total. The Morgan fingerprint density at radius 1 is 1.05 bits per heavy atom. The number of anilines is 1. The third-order valence-corrected chi connectivity index (χ3v) is 3.76. The molecule has 0 aromatic heterocycles. The molecule has 2 aromatic carbocycles. The highest BCUT2D eigenvalue weighted by molar-refractivity contribution is 6.31. The SMILES string of the molecule is Cc1ccc(C=CC(=O)Nc2c(C)cccc2C)cc1Cl. The van der Waals surface area contributed by atoms with Crippen molar-refractivity contribution in [2.75, 3.05) is 5.32 Å². The van der Waals surface area contributed by atoms with Crippen molar-refractivity contribution in [3.05, 3.63) is 69.8 Å². The van der Waals surface area contributed by atoms with Gasteiger partial charge in [0.2, 0.25) is 5.91 Å². The van der Waals surface area contributed by atoms with E-state index in [4.69, 9.17) is 11.6 Å². The van der Waals surface area contributed by atoms with Crippen LogP contribution in [0.2, 0.25) is 5.02 Å². The minimum absolute atomic E-state index is 0.149. The molecule has 1 amide bonds. The maximum absolute atomic E-state index is 12.0. The van der Waals surface area contributed by atoms with Crippen molar-refractivity contribution in [1.82, 2.24) is 0 Å². The molecule has 0 bridgehead atoms. The fraction of sp³-hybridized carbons (Fsp3) is 0.167. The zero-order valence-corrected chi connectivity index (χ0v) is 13.2. The average Bonchev–Trinajstić information content (AvgIpc) is 2.44. The summed E-state index contributed by atoms with van der Waals surface area (Å²) in [5.74, 6) is -0.149. The summed E-state index contributed by atoms with van der Waals surface area (Å²) in [7, 11) is 0. The monoisotopic (exact) mass is 299 g/mol. The number of benzene rings is 2. The highest BCUT2D eigenvalue weighted by Crippen LogP contribution is 2.20. The summed E-state index contributed by atoms with van der Waals surface area (Å²) < 4.78 is 0. The molecule has 108 valence electrons. The Kier molecular flexibility index (Phi) is 4.81. The number of rotatable bonds is 3. The van der Waals surface area contributed by atoms with Gasteiger partial charge in [-0.15, -0.1) is 0 Å². The summed E-state index contributed by atoms with van der Waals surface area (Å²) >= 11 is 6.07. The molecule has 0 radical (unpaired) electrons. The summed E-state index contributed by atoms with van der Waals surface area (Å²) in [5.41, 5.74) is 4.90. The summed E-state index contributed by atoms with van der Waals surface area (Å²) in [4.78, 5) is 12.0. The topological polar surface area (TPSA) is 29.1 Å². The van der Waals surface area contributed by atoms with Crippen molar-refractivity contribution in [1.29, 1.82) is 0 Å². The van der Waals surface area contributed by atoms with Crippen LogP contribution in [0.3, 0.4) is 0 Å². The Balaban J connectivity index is 2.11. The number of carbonyl (C=O) groups is 1. The van der Waals surface area contributed by atoms with Crippen LogP contribution in [0.15, 0.2) is 42.5 Å². The third kappa shape index (κ3) is 3.96. The van der Waals surface area contributed by atoms with Gasteiger partial charge in [0, 0.05) is 16.8 Å².